The summed E-state index contributed by atoms with van der Waals surface area (Å²) in [6.45, 7) is 3.32. The Morgan fingerprint density at radius 3 is 2.29 bits per heavy atom. The van der Waals surface area contributed by atoms with Crippen LogP contribution in [0.3, 0.4) is 0 Å². The molecule has 0 spiro atoms. The Labute approximate surface area is 166 Å². The van der Waals surface area contributed by atoms with E-state index in [2.05, 4.69) is 20.0 Å². The van der Waals surface area contributed by atoms with E-state index in [9.17, 15) is 13.2 Å². The minimum Gasteiger partial charge on any atom is -0.309 e. The highest BCUT2D eigenvalue weighted by Gasteiger charge is 2.29. The van der Waals surface area contributed by atoms with Crippen LogP contribution >= 0.6 is 0 Å². The van der Waals surface area contributed by atoms with Crippen LogP contribution in [-0.2, 0) is 14.8 Å². The molecule has 150 valence electrons. The van der Waals surface area contributed by atoms with Gasteiger partial charge in [0.1, 0.15) is 0 Å². The standard InChI is InChI=1S/C20H26N4O3S/c1-14(2)28(26,27)24-17-10-8-16(9-11-17)20(25)23-19-13-21-18(12-22-19)15-6-4-3-5-7-15/h3-7,12-14,16-17,24H,8-11H2,1-2H3,(H,22,23,25). The number of nitrogens with zero attached hydrogens (tertiary/aromatic N) is 2. The minimum absolute atomic E-state index is 0.0908. The molecule has 0 bridgehead atoms. The van der Waals surface area contributed by atoms with E-state index >= 15 is 0 Å². The van der Waals surface area contributed by atoms with Crippen molar-refractivity contribution in [2.45, 2.75) is 50.8 Å². The molecule has 1 aromatic carbocycles. The average Bonchev–Trinajstić information content (AvgIpc) is 2.69. The first kappa shape index (κ1) is 20.4. The number of amides is 1. The van der Waals surface area contributed by atoms with Gasteiger partial charge in [-0.1, -0.05) is 30.3 Å². The van der Waals surface area contributed by atoms with Crippen molar-refractivity contribution in [2.75, 3.05) is 5.32 Å². The zero-order valence-corrected chi connectivity index (χ0v) is 16.9. The highest BCUT2D eigenvalue weighted by molar-refractivity contribution is 7.90. The van der Waals surface area contributed by atoms with Gasteiger partial charge >= 0.3 is 0 Å². The van der Waals surface area contributed by atoms with Crippen molar-refractivity contribution in [3.8, 4) is 11.3 Å². The fourth-order valence-electron chi connectivity index (χ4n) is 3.22. The SMILES string of the molecule is CC(C)S(=O)(=O)NC1CCC(C(=O)Nc2cnc(-c3ccccc3)cn2)CC1. The van der Waals surface area contributed by atoms with Gasteiger partial charge in [0.15, 0.2) is 5.82 Å². The molecule has 3 rings (SSSR count). The van der Waals surface area contributed by atoms with Gasteiger partial charge in [0.2, 0.25) is 15.9 Å². The van der Waals surface area contributed by atoms with E-state index in [1.54, 1.807) is 26.2 Å². The highest BCUT2D eigenvalue weighted by atomic mass is 32.2. The lowest BCUT2D eigenvalue weighted by Crippen LogP contribution is -2.42. The van der Waals surface area contributed by atoms with Crippen LogP contribution in [0.4, 0.5) is 5.82 Å². The highest BCUT2D eigenvalue weighted by Crippen LogP contribution is 2.26. The van der Waals surface area contributed by atoms with E-state index in [-0.39, 0.29) is 17.9 Å². The summed E-state index contributed by atoms with van der Waals surface area (Å²) in [5.74, 6) is 0.189. The van der Waals surface area contributed by atoms with Crippen molar-refractivity contribution < 1.29 is 13.2 Å². The van der Waals surface area contributed by atoms with Crippen LogP contribution in [0.1, 0.15) is 39.5 Å². The monoisotopic (exact) mass is 402 g/mol. The molecule has 0 aliphatic heterocycles. The van der Waals surface area contributed by atoms with E-state index in [0.717, 1.165) is 11.3 Å². The van der Waals surface area contributed by atoms with E-state index < -0.39 is 15.3 Å². The van der Waals surface area contributed by atoms with Crippen LogP contribution in [0.15, 0.2) is 42.7 Å². The maximum atomic E-state index is 12.5. The van der Waals surface area contributed by atoms with Gasteiger partial charge in [0.25, 0.3) is 0 Å². The molecule has 0 unspecified atom stereocenters. The quantitative estimate of drug-likeness (QED) is 0.774. The Morgan fingerprint density at radius 1 is 1.04 bits per heavy atom. The number of rotatable bonds is 6. The number of carbonyl (C=O) groups excluding carboxylic acids is 1. The lowest BCUT2D eigenvalue weighted by atomic mass is 9.86. The number of nitrogens with one attached hydrogen (secondary N) is 2. The normalized spacial score (nSPS) is 20.1. The van der Waals surface area contributed by atoms with Crippen molar-refractivity contribution in [1.29, 1.82) is 0 Å². The van der Waals surface area contributed by atoms with Crippen LogP contribution in [0, 0.1) is 5.92 Å². The van der Waals surface area contributed by atoms with Crippen LogP contribution < -0.4 is 10.0 Å². The van der Waals surface area contributed by atoms with E-state index in [1.165, 1.54) is 0 Å². The fourth-order valence-corrected chi connectivity index (χ4v) is 4.19. The number of carbonyl (C=O) groups is 1. The van der Waals surface area contributed by atoms with Crippen LogP contribution in [0.2, 0.25) is 0 Å². The summed E-state index contributed by atoms with van der Waals surface area (Å²) in [7, 11) is -3.28. The molecule has 7 nitrogen and oxygen atoms in total. The van der Waals surface area contributed by atoms with E-state index in [0.29, 0.717) is 31.5 Å². The molecular weight excluding hydrogens is 376 g/mol. The van der Waals surface area contributed by atoms with Crippen molar-refractivity contribution >= 4 is 21.7 Å². The Kier molecular flexibility index (Phi) is 6.41. The Bertz CT molecular complexity index is 891. The number of hydrogen-bond donors (Lipinski definition) is 2. The third-order valence-corrected chi connectivity index (χ3v) is 6.93. The molecule has 28 heavy (non-hydrogen) atoms. The van der Waals surface area contributed by atoms with Gasteiger partial charge in [-0.3, -0.25) is 9.78 Å². The number of aromatic nitrogens is 2. The van der Waals surface area contributed by atoms with Gasteiger partial charge in [-0.05, 0) is 39.5 Å². The third kappa shape index (κ3) is 5.14. The molecule has 1 heterocycles. The first-order valence-corrected chi connectivity index (χ1v) is 11.1. The molecule has 0 atom stereocenters. The summed E-state index contributed by atoms with van der Waals surface area (Å²) in [6.07, 6.45) is 5.80. The second kappa shape index (κ2) is 8.79. The van der Waals surface area contributed by atoms with E-state index in [1.807, 2.05) is 30.3 Å². The zero-order valence-electron chi connectivity index (χ0n) is 16.1. The Hall–Kier alpha value is -2.32. The zero-order chi connectivity index (χ0) is 20.1. The predicted octanol–water partition coefficient (Wildman–Crippen LogP) is 2.97. The molecule has 0 saturated heterocycles. The van der Waals surface area contributed by atoms with Gasteiger partial charge in [-0.2, -0.15) is 0 Å². The molecule has 0 radical (unpaired) electrons. The molecule has 1 aliphatic carbocycles. The largest absolute Gasteiger partial charge is 0.309 e. The topological polar surface area (TPSA) is 101 Å². The summed E-state index contributed by atoms with van der Waals surface area (Å²) in [5, 5.41) is 2.37. The molecule has 8 heteroatoms. The molecular formula is C20H26N4O3S. The maximum absolute atomic E-state index is 12.5. The van der Waals surface area contributed by atoms with Crippen molar-refractivity contribution in [3.63, 3.8) is 0 Å². The molecule has 1 amide bonds. The number of sulfonamides is 1. The summed E-state index contributed by atoms with van der Waals surface area (Å²) >= 11 is 0. The summed E-state index contributed by atoms with van der Waals surface area (Å²) < 4.78 is 26.7. The van der Waals surface area contributed by atoms with Crippen molar-refractivity contribution in [2.24, 2.45) is 5.92 Å². The Morgan fingerprint density at radius 2 is 1.71 bits per heavy atom. The minimum atomic E-state index is -3.28. The predicted molar refractivity (Wildman–Crippen MR) is 109 cm³/mol. The molecule has 1 saturated carbocycles. The average molecular weight is 403 g/mol. The van der Waals surface area contributed by atoms with Crippen molar-refractivity contribution in [1.82, 2.24) is 14.7 Å². The molecule has 1 aromatic heterocycles. The fraction of sp³-hybridized carbons (Fsp3) is 0.450. The smallest absolute Gasteiger partial charge is 0.228 e. The van der Waals surface area contributed by atoms with Gasteiger partial charge in [0.05, 0.1) is 23.3 Å². The molecule has 2 aromatic rings. The summed E-state index contributed by atoms with van der Waals surface area (Å²) in [6, 6.07) is 9.62. The first-order valence-electron chi connectivity index (χ1n) is 9.54. The van der Waals surface area contributed by atoms with Gasteiger partial charge in [-0.25, -0.2) is 18.1 Å². The van der Waals surface area contributed by atoms with Crippen LogP contribution in [-0.4, -0.2) is 35.6 Å². The van der Waals surface area contributed by atoms with Gasteiger partial charge < -0.3 is 5.32 Å². The second-order valence-electron chi connectivity index (χ2n) is 7.40. The number of benzene rings is 1. The lowest BCUT2D eigenvalue weighted by molar-refractivity contribution is -0.120. The van der Waals surface area contributed by atoms with E-state index in [4.69, 9.17) is 0 Å². The molecule has 1 aliphatic rings. The number of anilines is 1. The maximum Gasteiger partial charge on any atom is 0.228 e. The Balaban J connectivity index is 1.52. The van der Waals surface area contributed by atoms with Crippen LogP contribution in [0.25, 0.3) is 11.3 Å². The summed E-state index contributed by atoms with van der Waals surface area (Å²) in [4.78, 5) is 21.2. The summed E-state index contributed by atoms with van der Waals surface area (Å²) in [5.41, 5.74) is 1.71. The van der Waals surface area contributed by atoms with Gasteiger partial charge in [0, 0.05) is 17.5 Å². The van der Waals surface area contributed by atoms with Crippen molar-refractivity contribution in [3.05, 3.63) is 42.7 Å². The lowest BCUT2D eigenvalue weighted by Gasteiger charge is -2.28. The second-order valence-corrected chi connectivity index (χ2v) is 9.67. The molecule has 2 N–H and O–H groups in total. The third-order valence-electron chi connectivity index (χ3n) is 5.02. The first-order chi connectivity index (χ1) is 13.3. The molecule has 1 fully saturated rings. The number of hydrogen-bond acceptors (Lipinski definition) is 5. The van der Waals surface area contributed by atoms with Crippen LogP contribution in [0.5, 0.6) is 0 Å². The van der Waals surface area contributed by atoms with Gasteiger partial charge in [-0.15, -0.1) is 0 Å².